The fourth-order valence-corrected chi connectivity index (χ4v) is 3.38. The molecule has 0 aliphatic heterocycles. The van der Waals surface area contributed by atoms with Gasteiger partial charge in [0.25, 0.3) is 0 Å². The van der Waals surface area contributed by atoms with E-state index in [0.717, 1.165) is 6.42 Å². The average Bonchev–Trinajstić information content (AvgIpc) is 2.63. The Labute approximate surface area is 114 Å². The van der Waals surface area contributed by atoms with Crippen molar-refractivity contribution >= 4 is 11.3 Å². The molecular formula is C16H21NS. The molecule has 1 atom stereocenters. The van der Waals surface area contributed by atoms with Crippen molar-refractivity contribution in [1.82, 2.24) is 0 Å². The standard InChI is InChI=1S/C16H21NS/c1-10-5-6-11(2)14(7-10)9-16(17)15-8-12(3)18-13(15)4/h5-8,16H,9,17H2,1-4H3. The Kier molecular flexibility index (Phi) is 3.88. The van der Waals surface area contributed by atoms with E-state index in [2.05, 4.69) is 52.0 Å². The summed E-state index contributed by atoms with van der Waals surface area (Å²) >= 11 is 1.84. The van der Waals surface area contributed by atoms with Gasteiger partial charge in [0.1, 0.15) is 0 Å². The molecule has 0 amide bonds. The first-order chi connectivity index (χ1) is 8.47. The molecule has 0 saturated heterocycles. The number of hydrogen-bond acceptors (Lipinski definition) is 2. The summed E-state index contributed by atoms with van der Waals surface area (Å²) < 4.78 is 0. The Hall–Kier alpha value is -1.12. The van der Waals surface area contributed by atoms with E-state index < -0.39 is 0 Å². The zero-order valence-corrected chi connectivity index (χ0v) is 12.4. The van der Waals surface area contributed by atoms with Crippen LogP contribution in [0, 0.1) is 27.7 Å². The van der Waals surface area contributed by atoms with Crippen LogP contribution in [0.3, 0.4) is 0 Å². The molecule has 0 spiro atoms. The van der Waals surface area contributed by atoms with Crippen molar-refractivity contribution in [2.45, 2.75) is 40.2 Å². The van der Waals surface area contributed by atoms with Crippen molar-refractivity contribution in [1.29, 1.82) is 0 Å². The summed E-state index contributed by atoms with van der Waals surface area (Å²) in [7, 11) is 0. The maximum atomic E-state index is 6.37. The lowest BCUT2D eigenvalue weighted by molar-refractivity contribution is 0.717. The summed E-state index contributed by atoms with van der Waals surface area (Å²) in [6, 6.07) is 8.93. The number of benzene rings is 1. The van der Waals surface area contributed by atoms with Crippen molar-refractivity contribution in [2.75, 3.05) is 0 Å². The smallest absolute Gasteiger partial charge is 0.0346 e. The molecule has 0 aliphatic carbocycles. The third kappa shape index (κ3) is 2.82. The molecule has 0 bridgehead atoms. The van der Waals surface area contributed by atoms with Crippen LogP contribution in [-0.2, 0) is 6.42 Å². The van der Waals surface area contributed by atoms with Gasteiger partial charge in [-0.25, -0.2) is 0 Å². The second-order valence-electron chi connectivity index (χ2n) is 5.11. The summed E-state index contributed by atoms with van der Waals surface area (Å²) in [6.45, 7) is 8.60. The molecule has 1 unspecified atom stereocenters. The molecule has 0 radical (unpaired) electrons. The van der Waals surface area contributed by atoms with Gasteiger partial charge in [-0.1, -0.05) is 23.8 Å². The van der Waals surface area contributed by atoms with E-state index in [1.807, 2.05) is 11.3 Å². The highest BCUT2D eigenvalue weighted by Crippen LogP contribution is 2.28. The van der Waals surface area contributed by atoms with Crippen LogP contribution in [0.1, 0.15) is 38.0 Å². The zero-order valence-electron chi connectivity index (χ0n) is 11.6. The summed E-state index contributed by atoms with van der Waals surface area (Å²) in [6.07, 6.45) is 0.921. The van der Waals surface area contributed by atoms with Crippen molar-refractivity contribution in [3.8, 4) is 0 Å². The van der Waals surface area contributed by atoms with Gasteiger partial charge in [0.2, 0.25) is 0 Å². The largest absolute Gasteiger partial charge is 0.324 e. The first kappa shape index (κ1) is 13.3. The summed E-state index contributed by atoms with van der Waals surface area (Å²) in [5.74, 6) is 0. The summed E-state index contributed by atoms with van der Waals surface area (Å²) in [5, 5.41) is 0. The van der Waals surface area contributed by atoms with E-state index in [1.54, 1.807) is 0 Å². The molecule has 1 nitrogen and oxygen atoms in total. The SMILES string of the molecule is Cc1ccc(C)c(CC(N)c2cc(C)sc2C)c1. The van der Waals surface area contributed by atoms with E-state index in [1.165, 1.54) is 32.0 Å². The highest BCUT2D eigenvalue weighted by molar-refractivity contribution is 7.12. The van der Waals surface area contributed by atoms with Gasteiger partial charge in [-0.3, -0.25) is 0 Å². The van der Waals surface area contributed by atoms with Gasteiger partial charge >= 0.3 is 0 Å². The van der Waals surface area contributed by atoms with Crippen LogP contribution in [0.4, 0.5) is 0 Å². The van der Waals surface area contributed by atoms with Gasteiger partial charge in [0, 0.05) is 15.8 Å². The average molecular weight is 259 g/mol. The Morgan fingerprint density at radius 1 is 1.11 bits per heavy atom. The zero-order chi connectivity index (χ0) is 13.3. The number of thiophene rings is 1. The van der Waals surface area contributed by atoms with Crippen LogP contribution in [-0.4, -0.2) is 0 Å². The normalized spacial score (nSPS) is 12.7. The quantitative estimate of drug-likeness (QED) is 0.877. The van der Waals surface area contributed by atoms with Gasteiger partial charge in [-0.05, 0) is 56.9 Å². The second-order valence-corrected chi connectivity index (χ2v) is 6.57. The predicted octanol–water partition coefficient (Wildman–Crippen LogP) is 4.22. The minimum Gasteiger partial charge on any atom is -0.324 e. The van der Waals surface area contributed by atoms with Crippen LogP contribution in [0.15, 0.2) is 24.3 Å². The Morgan fingerprint density at radius 3 is 2.44 bits per heavy atom. The number of rotatable bonds is 3. The van der Waals surface area contributed by atoms with Gasteiger partial charge in [-0.2, -0.15) is 0 Å². The molecule has 0 saturated carbocycles. The molecule has 2 heteroatoms. The Balaban J connectivity index is 2.23. The molecule has 2 aromatic rings. The lowest BCUT2D eigenvalue weighted by Gasteiger charge is -2.14. The minimum absolute atomic E-state index is 0.107. The van der Waals surface area contributed by atoms with Crippen molar-refractivity contribution in [3.05, 3.63) is 56.3 Å². The fraction of sp³-hybridized carbons (Fsp3) is 0.375. The molecule has 1 aromatic carbocycles. The second kappa shape index (κ2) is 5.25. The highest BCUT2D eigenvalue weighted by Gasteiger charge is 2.13. The minimum atomic E-state index is 0.107. The third-order valence-electron chi connectivity index (χ3n) is 3.42. The van der Waals surface area contributed by atoms with E-state index in [4.69, 9.17) is 5.73 Å². The Bertz CT molecular complexity index is 554. The fourth-order valence-electron chi connectivity index (χ4n) is 2.39. The summed E-state index contributed by atoms with van der Waals surface area (Å²) in [5.41, 5.74) is 11.7. The monoisotopic (exact) mass is 259 g/mol. The number of aryl methyl sites for hydroxylation is 4. The van der Waals surface area contributed by atoms with Gasteiger partial charge < -0.3 is 5.73 Å². The van der Waals surface area contributed by atoms with E-state index in [-0.39, 0.29) is 6.04 Å². The number of hydrogen-bond donors (Lipinski definition) is 1. The first-order valence-electron chi connectivity index (χ1n) is 6.36. The van der Waals surface area contributed by atoms with Crippen LogP contribution >= 0.6 is 11.3 Å². The van der Waals surface area contributed by atoms with Gasteiger partial charge in [0.15, 0.2) is 0 Å². The van der Waals surface area contributed by atoms with Gasteiger partial charge in [0.05, 0.1) is 0 Å². The maximum absolute atomic E-state index is 6.37. The molecule has 2 N–H and O–H groups in total. The van der Waals surface area contributed by atoms with E-state index >= 15 is 0 Å². The van der Waals surface area contributed by atoms with E-state index in [9.17, 15) is 0 Å². The molecule has 96 valence electrons. The van der Waals surface area contributed by atoms with Crippen molar-refractivity contribution < 1.29 is 0 Å². The maximum Gasteiger partial charge on any atom is 0.0346 e. The highest BCUT2D eigenvalue weighted by atomic mass is 32.1. The number of nitrogens with two attached hydrogens (primary N) is 1. The molecule has 18 heavy (non-hydrogen) atoms. The molecular weight excluding hydrogens is 238 g/mol. The van der Waals surface area contributed by atoms with Crippen molar-refractivity contribution in [2.24, 2.45) is 5.73 Å². The van der Waals surface area contributed by atoms with Crippen LogP contribution < -0.4 is 5.73 Å². The lowest BCUT2D eigenvalue weighted by Crippen LogP contribution is -2.14. The molecule has 0 aliphatic rings. The molecule has 1 aromatic heterocycles. The lowest BCUT2D eigenvalue weighted by atomic mass is 9.96. The Morgan fingerprint density at radius 2 is 1.83 bits per heavy atom. The third-order valence-corrected chi connectivity index (χ3v) is 4.41. The van der Waals surface area contributed by atoms with Crippen LogP contribution in [0.5, 0.6) is 0 Å². The summed E-state index contributed by atoms with van der Waals surface area (Å²) in [4.78, 5) is 2.70. The van der Waals surface area contributed by atoms with Crippen molar-refractivity contribution in [3.63, 3.8) is 0 Å². The first-order valence-corrected chi connectivity index (χ1v) is 7.17. The van der Waals surface area contributed by atoms with E-state index in [0.29, 0.717) is 0 Å². The molecule has 2 rings (SSSR count). The predicted molar refractivity (Wildman–Crippen MR) is 80.3 cm³/mol. The van der Waals surface area contributed by atoms with Gasteiger partial charge in [-0.15, -0.1) is 11.3 Å². The topological polar surface area (TPSA) is 26.0 Å². The van der Waals surface area contributed by atoms with Crippen LogP contribution in [0.2, 0.25) is 0 Å². The molecule has 0 fully saturated rings. The van der Waals surface area contributed by atoms with Crippen LogP contribution in [0.25, 0.3) is 0 Å². The molecule has 1 heterocycles.